The Morgan fingerprint density at radius 2 is 0.682 bits per heavy atom. The first kappa shape index (κ1) is 15.1. The molecular formula is C22H26. The molecule has 22 heavy (non-hydrogen) atoms. The van der Waals surface area contributed by atoms with E-state index in [2.05, 4.69) is 90.1 Å². The Kier molecular flexibility index (Phi) is 3.32. The van der Waals surface area contributed by atoms with Crippen molar-refractivity contribution in [1.29, 1.82) is 0 Å². The highest BCUT2D eigenvalue weighted by atomic mass is 14.3. The maximum atomic E-state index is 2.32. The first-order valence-electron chi connectivity index (χ1n) is 8.15. The van der Waals surface area contributed by atoms with Crippen molar-refractivity contribution in [3.63, 3.8) is 0 Å². The van der Waals surface area contributed by atoms with Crippen LogP contribution in [0.3, 0.4) is 0 Å². The summed E-state index contributed by atoms with van der Waals surface area (Å²) in [4.78, 5) is 0. The summed E-state index contributed by atoms with van der Waals surface area (Å²) in [6.45, 7) is 13.9. The molecule has 0 heteroatoms. The second-order valence-electron chi connectivity index (χ2n) is 8.34. The maximum absolute atomic E-state index is 2.32. The van der Waals surface area contributed by atoms with Crippen molar-refractivity contribution in [2.45, 2.75) is 52.4 Å². The van der Waals surface area contributed by atoms with Crippen LogP contribution in [0.4, 0.5) is 0 Å². The van der Waals surface area contributed by atoms with E-state index in [0.717, 1.165) is 0 Å². The van der Waals surface area contributed by atoms with Crippen molar-refractivity contribution >= 4 is 21.5 Å². The minimum Gasteiger partial charge on any atom is -0.0616 e. The van der Waals surface area contributed by atoms with Gasteiger partial charge in [-0.1, -0.05) is 90.1 Å². The number of rotatable bonds is 0. The first-order valence-corrected chi connectivity index (χ1v) is 8.15. The average molecular weight is 290 g/mol. The molecule has 0 nitrogen and oxygen atoms in total. The van der Waals surface area contributed by atoms with Crippen LogP contribution in [-0.4, -0.2) is 0 Å². The highest BCUT2D eigenvalue weighted by Gasteiger charge is 2.26. The molecule has 0 fully saturated rings. The van der Waals surface area contributed by atoms with Crippen molar-refractivity contribution in [1.82, 2.24) is 0 Å². The van der Waals surface area contributed by atoms with E-state index in [1.54, 1.807) is 0 Å². The van der Waals surface area contributed by atoms with E-state index in [9.17, 15) is 0 Å². The predicted molar refractivity (Wildman–Crippen MR) is 98.9 cm³/mol. The van der Waals surface area contributed by atoms with Gasteiger partial charge in [0.1, 0.15) is 0 Å². The molecule has 0 amide bonds. The molecule has 114 valence electrons. The summed E-state index contributed by atoms with van der Waals surface area (Å²) in [6, 6.07) is 17.8. The molecule has 0 N–H and O–H groups in total. The molecule has 0 bridgehead atoms. The fraction of sp³-hybridized carbons (Fsp3) is 0.364. The number of benzene rings is 3. The molecule has 0 heterocycles. The van der Waals surface area contributed by atoms with Crippen molar-refractivity contribution in [3.8, 4) is 0 Å². The number of fused-ring (bicyclic) bond motifs is 2. The average Bonchev–Trinajstić information content (AvgIpc) is 2.41. The van der Waals surface area contributed by atoms with Gasteiger partial charge in [0.15, 0.2) is 0 Å². The quantitative estimate of drug-likeness (QED) is 0.410. The molecule has 0 radical (unpaired) electrons. The van der Waals surface area contributed by atoms with Gasteiger partial charge in [0.25, 0.3) is 0 Å². The monoisotopic (exact) mass is 290 g/mol. The fourth-order valence-corrected chi connectivity index (χ4v) is 3.74. The summed E-state index contributed by atoms with van der Waals surface area (Å²) in [5.41, 5.74) is 3.17. The molecule has 0 spiro atoms. The molecule has 0 aliphatic carbocycles. The van der Waals surface area contributed by atoms with Crippen molar-refractivity contribution < 1.29 is 0 Å². The van der Waals surface area contributed by atoms with E-state index < -0.39 is 0 Å². The minimum atomic E-state index is 0.121. The van der Waals surface area contributed by atoms with Crippen LogP contribution in [0.25, 0.3) is 21.5 Å². The minimum absolute atomic E-state index is 0.121. The second kappa shape index (κ2) is 4.84. The Morgan fingerprint density at radius 3 is 0.864 bits per heavy atom. The lowest BCUT2D eigenvalue weighted by Crippen LogP contribution is -2.17. The van der Waals surface area contributed by atoms with Gasteiger partial charge in [-0.2, -0.15) is 0 Å². The van der Waals surface area contributed by atoms with E-state index in [1.165, 1.54) is 32.7 Å². The topological polar surface area (TPSA) is 0 Å². The molecule has 3 aromatic rings. The van der Waals surface area contributed by atoms with Crippen molar-refractivity contribution in [2.24, 2.45) is 0 Å². The second-order valence-corrected chi connectivity index (χ2v) is 8.34. The van der Waals surface area contributed by atoms with Crippen LogP contribution >= 0.6 is 0 Å². The molecule has 0 saturated heterocycles. The van der Waals surface area contributed by atoms with Gasteiger partial charge in [0, 0.05) is 0 Å². The smallest absolute Gasteiger partial charge is 0.0120 e. The first-order chi connectivity index (χ1) is 10.2. The van der Waals surface area contributed by atoms with E-state index in [-0.39, 0.29) is 10.8 Å². The Morgan fingerprint density at radius 1 is 0.455 bits per heavy atom. The van der Waals surface area contributed by atoms with Crippen molar-refractivity contribution in [2.75, 3.05) is 0 Å². The zero-order chi connectivity index (χ0) is 16.1. The third-order valence-electron chi connectivity index (χ3n) is 4.43. The molecule has 3 rings (SSSR count). The lowest BCUT2D eigenvalue weighted by molar-refractivity contribution is 0.593. The Labute approximate surface area is 134 Å². The van der Waals surface area contributed by atoms with Crippen LogP contribution < -0.4 is 0 Å². The summed E-state index contributed by atoms with van der Waals surface area (Å²) < 4.78 is 0. The van der Waals surface area contributed by atoms with Crippen LogP contribution in [0.15, 0.2) is 48.5 Å². The summed E-state index contributed by atoms with van der Waals surface area (Å²) in [7, 11) is 0. The standard InChI is InChI=1S/C22H26/c1-21(2,3)19-15-11-7-9-13-17(15)20(22(4,5)6)18-14-10-8-12-16(18)19/h7-14H,1-6H3. The van der Waals surface area contributed by atoms with E-state index in [0.29, 0.717) is 0 Å². The SMILES string of the molecule is CC(C)(C)c1c2ccccc2c(C(C)(C)C)c2ccccc12. The molecule has 0 aliphatic heterocycles. The van der Waals surface area contributed by atoms with Gasteiger partial charge in [-0.25, -0.2) is 0 Å². The van der Waals surface area contributed by atoms with Gasteiger partial charge in [-0.05, 0) is 43.5 Å². The fourth-order valence-electron chi connectivity index (χ4n) is 3.74. The van der Waals surface area contributed by atoms with Gasteiger partial charge in [0.2, 0.25) is 0 Å². The normalized spacial score (nSPS) is 13.0. The van der Waals surface area contributed by atoms with E-state index >= 15 is 0 Å². The Bertz CT molecular complexity index is 710. The predicted octanol–water partition coefficient (Wildman–Crippen LogP) is 6.59. The maximum Gasteiger partial charge on any atom is -0.0120 e. The van der Waals surface area contributed by atoms with E-state index in [1.807, 2.05) is 0 Å². The third-order valence-corrected chi connectivity index (χ3v) is 4.43. The van der Waals surface area contributed by atoms with Crippen LogP contribution in [-0.2, 0) is 10.8 Å². The van der Waals surface area contributed by atoms with E-state index in [4.69, 9.17) is 0 Å². The molecule has 3 aromatic carbocycles. The lowest BCUT2D eigenvalue weighted by Gasteiger charge is -2.30. The summed E-state index contributed by atoms with van der Waals surface area (Å²) in [5, 5.41) is 5.61. The molecule has 0 unspecified atom stereocenters. The van der Waals surface area contributed by atoms with Gasteiger partial charge in [0.05, 0.1) is 0 Å². The van der Waals surface area contributed by atoms with Crippen LogP contribution in [0.2, 0.25) is 0 Å². The lowest BCUT2D eigenvalue weighted by atomic mass is 9.74. The number of hydrogen-bond donors (Lipinski definition) is 0. The van der Waals surface area contributed by atoms with Crippen LogP contribution in [0, 0.1) is 0 Å². The summed E-state index contributed by atoms with van der Waals surface area (Å²) >= 11 is 0. The Hall–Kier alpha value is -1.82. The molecule has 0 aliphatic rings. The molecule has 0 saturated carbocycles. The van der Waals surface area contributed by atoms with Crippen molar-refractivity contribution in [3.05, 3.63) is 59.7 Å². The zero-order valence-electron chi connectivity index (χ0n) is 14.6. The summed E-state index contributed by atoms with van der Waals surface area (Å²) in [6.07, 6.45) is 0. The molecular weight excluding hydrogens is 264 g/mol. The largest absolute Gasteiger partial charge is 0.0616 e. The zero-order valence-corrected chi connectivity index (χ0v) is 14.6. The number of hydrogen-bond acceptors (Lipinski definition) is 0. The highest BCUT2D eigenvalue weighted by molar-refractivity contribution is 6.07. The Balaban J connectivity index is 2.67. The van der Waals surface area contributed by atoms with Gasteiger partial charge < -0.3 is 0 Å². The molecule has 0 atom stereocenters. The van der Waals surface area contributed by atoms with Crippen LogP contribution in [0.5, 0.6) is 0 Å². The van der Waals surface area contributed by atoms with Gasteiger partial charge in [-0.15, -0.1) is 0 Å². The third kappa shape index (κ3) is 2.31. The van der Waals surface area contributed by atoms with Gasteiger partial charge >= 0.3 is 0 Å². The van der Waals surface area contributed by atoms with Crippen LogP contribution in [0.1, 0.15) is 52.7 Å². The molecule has 0 aromatic heterocycles. The van der Waals surface area contributed by atoms with Gasteiger partial charge in [-0.3, -0.25) is 0 Å². The summed E-state index contributed by atoms with van der Waals surface area (Å²) in [5.74, 6) is 0. The highest BCUT2D eigenvalue weighted by Crippen LogP contribution is 2.43.